The molecular formula is C65H126O17P2. The Bertz CT molecular complexity index is 1680. The van der Waals surface area contributed by atoms with Gasteiger partial charge in [0.15, 0.2) is 12.2 Å². The number of hydrogen-bond acceptors (Lipinski definition) is 15. The first-order valence-corrected chi connectivity index (χ1v) is 36.7. The first kappa shape index (κ1) is 82.1. The lowest BCUT2D eigenvalue weighted by atomic mass is 10.0. The second-order valence-corrected chi connectivity index (χ2v) is 28.3. The Morgan fingerprint density at radius 1 is 0.298 bits per heavy atom. The third-order valence-electron chi connectivity index (χ3n) is 14.8. The number of ether oxygens (including phenoxy) is 4. The number of phosphoric acid groups is 2. The van der Waals surface area contributed by atoms with Crippen LogP contribution in [0.5, 0.6) is 0 Å². The lowest BCUT2D eigenvalue weighted by Gasteiger charge is -2.21. The summed E-state index contributed by atoms with van der Waals surface area (Å²) in [5, 5.41) is 10.5. The van der Waals surface area contributed by atoms with Crippen molar-refractivity contribution in [3.05, 3.63) is 0 Å². The van der Waals surface area contributed by atoms with Crippen molar-refractivity contribution in [3.63, 3.8) is 0 Å². The summed E-state index contributed by atoms with van der Waals surface area (Å²) in [7, 11) is -9.89. The molecule has 0 radical (unpaired) electrons. The first-order chi connectivity index (χ1) is 40.1. The van der Waals surface area contributed by atoms with Crippen LogP contribution in [0.3, 0.4) is 0 Å². The molecule has 0 aromatic rings. The molecule has 0 spiro atoms. The highest BCUT2D eigenvalue weighted by atomic mass is 31.2. The fourth-order valence-corrected chi connectivity index (χ4v) is 11.2. The Balaban J connectivity index is 5.23. The van der Waals surface area contributed by atoms with E-state index in [4.69, 9.17) is 37.0 Å². The summed E-state index contributed by atoms with van der Waals surface area (Å²) in [4.78, 5) is 72.2. The van der Waals surface area contributed by atoms with E-state index >= 15 is 0 Å². The summed E-state index contributed by atoms with van der Waals surface area (Å²) in [6.07, 6.45) is 35.1. The molecule has 5 atom stereocenters. The largest absolute Gasteiger partial charge is 0.472 e. The lowest BCUT2D eigenvalue weighted by molar-refractivity contribution is -0.161. The number of esters is 4. The molecule has 498 valence electrons. The summed E-state index contributed by atoms with van der Waals surface area (Å²) in [6.45, 7) is 13.9. The zero-order valence-corrected chi connectivity index (χ0v) is 56.3. The van der Waals surface area contributed by atoms with Gasteiger partial charge in [0.2, 0.25) is 0 Å². The smallest absolute Gasteiger partial charge is 0.462 e. The van der Waals surface area contributed by atoms with Crippen molar-refractivity contribution in [2.75, 3.05) is 39.6 Å². The maximum atomic E-state index is 13.0. The Kier molecular flexibility index (Phi) is 53.9. The Morgan fingerprint density at radius 2 is 0.500 bits per heavy atom. The SMILES string of the molecule is CC(C)CCCCCCCCCCCCCC(=O)OC[C@H](COP(=O)(O)OCC(O)COP(=O)(O)OC[C@@H](COC(=O)CCCCCCCCCC(C)C)OC(=O)CCCCCCCCC(C)C)OC(=O)CCCCCCCCCCC(C)C. The van der Waals surface area contributed by atoms with Gasteiger partial charge in [0, 0.05) is 25.7 Å². The van der Waals surface area contributed by atoms with Gasteiger partial charge >= 0.3 is 39.5 Å². The van der Waals surface area contributed by atoms with Crippen LogP contribution in [0.4, 0.5) is 0 Å². The van der Waals surface area contributed by atoms with E-state index in [1.165, 1.54) is 109 Å². The topological polar surface area (TPSA) is 237 Å². The predicted octanol–water partition coefficient (Wildman–Crippen LogP) is 17.8. The summed E-state index contributed by atoms with van der Waals surface area (Å²) in [5.74, 6) is 0.721. The van der Waals surface area contributed by atoms with E-state index in [1.807, 2.05) is 0 Å². The van der Waals surface area contributed by atoms with Crippen molar-refractivity contribution in [3.8, 4) is 0 Å². The fourth-order valence-electron chi connectivity index (χ4n) is 9.61. The molecule has 0 heterocycles. The van der Waals surface area contributed by atoms with E-state index < -0.39 is 97.5 Å². The molecule has 17 nitrogen and oxygen atoms in total. The van der Waals surface area contributed by atoms with Crippen LogP contribution in [0.25, 0.3) is 0 Å². The van der Waals surface area contributed by atoms with Gasteiger partial charge in [-0.15, -0.1) is 0 Å². The maximum Gasteiger partial charge on any atom is 0.472 e. The Hall–Kier alpha value is -1.94. The molecule has 0 aliphatic carbocycles. The number of unbranched alkanes of at least 4 members (excludes halogenated alkanes) is 28. The van der Waals surface area contributed by atoms with E-state index in [9.17, 15) is 43.2 Å². The van der Waals surface area contributed by atoms with Crippen LogP contribution >= 0.6 is 15.6 Å². The van der Waals surface area contributed by atoms with Gasteiger partial charge in [-0.2, -0.15) is 0 Å². The summed E-state index contributed by atoms with van der Waals surface area (Å²) in [5.41, 5.74) is 0. The van der Waals surface area contributed by atoms with Crippen LogP contribution in [0.15, 0.2) is 0 Å². The zero-order chi connectivity index (χ0) is 62.5. The summed E-state index contributed by atoms with van der Waals surface area (Å²) < 4.78 is 68.0. The fraction of sp³-hybridized carbons (Fsp3) is 0.938. The van der Waals surface area contributed by atoms with E-state index in [2.05, 4.69) is 55.4 Å². The summed E-state index contributed by atoms with van der Waals surface area (Å²) >= 11 is 0. The van der Waals surface area contributed by atoms with E-state index in [-0.39, 0.29) is 25.7 Å². The molecule has 0 amide bonds. The van der Waals surface area contributed by atoms with Crippen LogP contribution in [-0.4, -0.2) is 96.7 Å². The molecule has 84 heavy (non-hydrogen) atoms. The van der Waals surface area contributed by atoms with Gasteiger partial charge in [-0.3, -0.25) is 37.3 Å². The monoisotopic (exact) mass is 1240 g/mol. The van der Waals surface area contributed by atoms with Gasteiger partial charge in [0.25, 0.3) is 0 Å². The summed E-state index contributed by atoms with van der Waals surface area (Å²) in [6, 6.07) is 0. The minimum Gasteiger partial charge on any atom is -0.462 e. The highest BCUT2D eigenvalue weighted by molar-refractivity contribution is 7.47. The number of carbonyl (C=O) groups excluding carboxylic acids is 4. The van der Waals surface area contributed by atoms with E-state index in [1.54, 1.807) is 0 Å². The molecule has 0 aromatic heterocycles. The van der Waals surface area contributed by atoms with Crippen LogP contribution in [0.1, 0.15) is 312 Å². The van der Waals surface area contributed by atoms with Crippen LogP contribution in [0.2, 0.25) is 0 Å². The number of carbonyl (C=O) groups is 4. The molecule has 0 aromatic carbocycles. The molecule has 3 unspecified atom stereocenters. The maximum absolute atomic E-state index is 13.0. The molecule has 0 bridgehead atoms. The number of rotatable bonds is 62. The van der Waals surface area contributed by atoms with Crippen molar-refractivity contribution in [1.29, 1.82) is 0 Å². The van der Waals surface area contributed by atoms with Gasteiger partial charge < -0.3 is 33.8 Å². The van der Waals surface area contributed by atoms with Crippen LogP contribution in [0, 0.1) is 23.7 Å². The van der Waals surface area contributed by atoms with Gasteiger partial charge in [-0.1, -0.05) is 261 Å². The van der Waals surface area contributed by atoms with Crippen molar-refractivity contribution < 1.29 is 80.2 Å². The van der Waals surface area contributed by atoms with Crippen molar-refractivity contribution >= 4 is 39.5 Å². The van der Waals surface area contributed by atoms with Crippen molar-refractivity contribution in [1.82, 2.24) is 0 Å². The highest BCUT2D eigenvalue weighted by Gasteiger charge is 2.30. The second kappa shape index (κ2) is 55.2. The van der Waals surface area contributed by atoms with E-state index in [0.29, 0.717) is 37.5 Å². The molecule has 3 N–H and O–H groups in total. The van der Waals surface area contributed by atoms with Gasteiger partial charge in [0.05, 0.1) is 26.4 Å². The minimum atomic E-state index is -4.95. The van der Waals surface area contributed by atoms with Gasteiger partial charge in [-0.25, -0.2) is 9.13 Å². The van der Waals surface area contributed by atoms with Crippen LogP contribution < -0.4 is 0 Å². The Morgan fingerprint density at radius 3 is 0.738 bits per heavy atom. The molecule has 0 aliphatic heterocycles. The zero-order valence-electron chi connectivity index (χ0n) is 54.5. The molecule has 19 heteroatoms. The number of aliphatic hydroxyl groups is 1. The van der Waals surface area contributed by atoms with Crippen LogP contribution in [-0.2, 0) is 65.4 Å². The quantitative estimate of drug-likeness (QED) is 0.0222. The minimum absolute atomic E-state index is 0.101. The van der Waals surface area contributed by atoms with Gasteiger partial charge in [0.1, 0.15) is 19.3 Å². The molecule has 0 rings (SSSR count). The highest BCUT2D eigenvalue weighted by Crippen LogP contribution is 2.45. The average molecular weight is 1240 g/mol. The third kappa shape index (κ3) is 59.0. The van der Waals surface area contributed by atoms with Crippen molar-refractivity contribution in [2.45, 2.75) is 331 Å². The second-order valence-electron chi connectivity index (χ2n) is 25.4. The number of hydrogen-bond donors (Lipinski definition) is 3. The standard InChI is InChI=1S/C65H126O17P2/c1-55(2)41-33-25-17-12-10-9-11-13-20-29-37-45-62(67)75-51-60(81-64(69)47-39-31-21-15-14-18-26-34-42-56(3)4)53-79-83(71,72)77-49-59(66)50-78-84(73,74)80-54-61(82-65(70)48-40-32-24-23-28-36-44-58(7)8)52-76-63(68)46-38-30-22-16-19-27-35-43-57(5)6/h55-61,66H,9-54H2,1-8H3,(H,71,72)(H,73,74)/t59?,60-,61-/m1/s1. The number of aliphatic hydroxyl groups excluding tert-OH is 1. The van der Waals surface area contributed by atoms with Crippen molar-refractivity contribution in [2.24, 2.45) is 23.7 Å². The number of phosphoric ester groups is 2. The first-order valence-electron chi connectivity index (χ1n) is 33.7. The molecule has 0 saturated carbocycles. The normalized spacial score (nSPS) is 14.4. The Labute approximate surface area is 511 Å². The lowest BCUT2D eigenvalue weighted by Crippen LogP contribution is -2.30. The molecule has 0 saturated heterocycles. The predicted molar refractivity (Wildman–Crippen MR) is 335 cm³/mol. The molecular weight excluding hydrogens is 1110 g/mol. The van der Waals surface area contributed by atoms with E-state index in [0.717, 1.165) is 108 Å². The average Bonchev–Trinajstić information content (AvgIpc) is 3.50. The van der Waals surface area contributed by atoms with Gasteiger partial charge in [-0.05, 0) is 49.4 Å². The molecule has 0 aliphatic rings. The third-order valence-corrected chi connectivity index (χ3v) is 16.7. The molecule has 0 fully saturated rings.